The molecular weight excluding hydrogens is 404 g/mol. The third-order valence-corrected chi connectivity index (χ3v) is 6.90. The van der Waals surface area contributed by atoms with Crippen LogP contribution in [-0.2, 0) is 19.6 Å². The number of carbonyl (C=O) groups is 2. The minimum Gasteiger partial charge on any atom is -0.342 e. The van der Waals surface area contributed by atoms with Gasteiger partial charge in [-0.1, -0.05) is 6.92 Å². The fourth-order valence-corrected chi connectivity index (χ4v) is 5.27. The van der Waals surface area contributed by atoms with Crippen molar-refractivity contribution in [3.8, 4) is 0 Å². The van der Waals surface area contributed by atoms with Crippen LogP contribution < -0.4 is 9.62 Å². The third-order valence-electron chi connectivity index (χ3n) is 5.26. The average Bonchev–Trinajstić information content (AvgIpc) is 3.02. The maximum atomic E-state index is 13.5. The maximum absolute atomic E-state index is 13.5. The highest BCUT2D eigenvalue weighted by Crippen LogP contribution is 2.28. The summed E-state index contributed by atoms with van der Waals surface area (Å²) in [4.78, 5) is 28.0. The lowest BCUT2D eigenvalue weighted by Crippen LogP contribution is -2.48. The molecule has 0 aliphatic carbocycles. The van der Waals surface area contributed by atoms with Crippen LogP contribution in [0.4, 0.5) is 14.5 Å². The lowest BCUT2D eigenvalue weighted by atomic mass is 10.0. The highest BCUT2D eigenvalue weighted by atomic mass is 32.2. The molecule has 2 fully saturated rings. The Morgan fingerprint density at radius 1 is 1.17 bits per heavy atom. The molecule has 1 aromatic carbocycles. The number of likely N-dealkylation sites (tertiary alicyclic amines) is 1. The minimum atomic E-state index is -3.30. The van der Waals surface area contributed by atoms with E-state index in [1.54, 1.807) is 11.8 Å². The van der Waals surface area contributed by atoms with Crippen LogP contribution in [0.15, 0.2) is 18.2 Å². The summed E-state index contributed by atoms with van der Waals surface area (Å²) in [6, 6.07) is 2.67. The van der Waals surface area contributed by atoms with Crippen LogP contribution in [0.2, 0.25) is 0 Å². The van der Waals surface area contributed by atoms with Crippen LogP contribution in [0.1, 0.15) is 32.6 Å². The first-order valence-corrected chi connectivity index (χ1v) is 11.4. The third kappa shape index (κ3) is 5.30. The zero-order valence-corrected chi connectivity index (χ0v) is 17.1. The van der Waals surface area contributed by atoms with Gasteiger partial charge in [0.25, 0.3) is 0 Å². The molecule has 0 radical (unpaired) electrons. The standard InChI is InChI=1S/C19H25F2N3O4S/c1-2-7-29(27,28)22-16-3-5-23(6-4-16)19(26)13-8-18(25)24(12-13)17-10-14(20)9-15(21)11-17/h9-11,13,16,22H,2-8,12H2,1H3. The van der Waals surface area contributed by atoms with E-state index in [1.807, 2.05) is 0 Å². The summed E-state index contributed by atoms with van der Waals surface area (Å²) in [6.07, 6.45) is 1.54. The Hall–Kier alpha value is -2.07. The Labute approximate surface area is 169 Å². The maximum Gasteiger partial charge on any atom is 0.228 e. The summed E-state index contributed by atoms with van der Waals surface area (Å²) in [5.41, 5.74) is 0.104. The largest absolute Gasteiger partial charge is 0.342 e. The van der Waals surface area contributed by atoms with Gasteiger partial charge in [-0.25, -0.2) is 21.9 Å². The monoisotopic (exact) mass is 429 g/mol. The SMILES string of the molecule is CCCS(=O)(=O)NC1CCN(C(=O)C2CC(=O)N(c3cc(F)cc(F)c3)C2)CC1. The Kier molecular flexibility index (Phi) is 6.52. The van der Waals surface area contributed by atoms with Crippen molar-refractivity contribution in [3.63, 3.8) is 0 Å². The molecule has 2 heterocycles. The predicted molar refractivity (Wildman–Crippen MR) is 104 cm³/mol. The lowest BCUT2D eigenvalue weighted by molar-refractivity contribution is -0.136. The molecule has 2 amide bonds. The van der Waals surface area contributed by atoms with Gasteiger partial charge in [-0.05, 0) is 31.4 Å². The van der Waals surface area contributed by atoms with E-state index in [0.717, 1.165) is 18.2 Å². The number of carbonyl (C=O) groups excluding carboxylic acids is 2. The molecule has 1 atom stereocenters. The molecule has 3 rings (SSSR count). The van der Waals surface area contributed by atoms with E-state index in [4.69, 9.17) is 0 Å². The predicted octanol–water partition coefficient (Wildman–Crippen LogP) is 1.64. The lowest BCUT2D eigenvalue weighted by Gasteiger charge is -2.33. The second kappa shape index (κ2) is 8.74. The van der Waals surface area contributed by atoms with Crippen molar-refractivity contribution in [1.29, 1.82) is 0 Å². The summed E-state index contributed by atoms with van der Waals surface area (Å²) in [5.74, 6) is -2.61. The van der Waals surface area contributed by atoms with Crippen molar-refractivity contribution in [1.82, 2.24) is 9.62 Å². The Balaban J connectivity index is 1.57. The van der Waals surface area contributed by atoms with Crippen LogP contribution in [0.3, 0.4) is 0 Å². The van der Waals surface area contributed by atoms with E-state index in [2.05, 4.69) is 4.72 Å². The summed E-state index contributed by atoms with van der Waals surface area (Å²) in [5, 5.41) is 0. The van der Waals surface area contributed by atoms with E-state index in [-0.39, 0.29) is 42.3 Å². The van der Waals surface area contributed by atoms with E-state index < -0.39 is 27.6 Å². The van der Waals surface area contributed by atoms with Gasteiger partial charge in [-0.3, -0.25) is 9.59 Å². The Morgan fingerprint density at radius 2 is 1.79 bits per heavy atom. The molecule has 0 aromatic heterocycles. The molecule has 160 valence electrons. The molecule has 0 spiro atoms. The van der Waals surface area contributed by atoms with Crippen molar-refractivity contribution < 1.29 is 26.8 Å². The van der Waals surface area contributed by atoms with E-state index >= 15 is 0 Å². The second-order valence-electron chi connectivity index (χ2n) is 7.57. The van der Waals surface area contributed by atoms with Gasteiger partial charge >= 0.3 is 0 Å². The zero-order chi connectivity index (χ0) is 21.2. The highest BCUT2D eigenvalue weighted by molar-refractivity contribution is 7.89. The molecule has 1 N–H and O–H groups in total. The first-order chi connectivity index (χ1) is 13.7. The van der Waals surface area contributed by atoms with Crippen molar-refractivity contribution in [2.45, 2.75) is 38.6 Å². The smallest absolute Gasteiger partial charge is 0.228 e. The van der Waals surface area contributed by atoms with Gasteiger partial charge in [0.1, 0.15) is 11.6 Å². The first-order valence-electron chi connectivity index (χ1n) is 9.73. The molecule has 1 aromatic rings. The van der Waals surface area contributed by atoms with Gasteiger partial charge in [0, 0.05) is 43.9 Å². The van der Waals surface area contributed by atoms with Gasteiger partial charge < -0.3 is 9.80 Å². The number of piperidine rings is 1. The molecule has 0 saturated carbocycles. The van der Waals surface area contributed by atoms with Gasteiger partial charge in [-0.2, -0.15) is 0 Å². The molecule has 10 heteroatoms. The number of nitrogens with one attached hydrogen (secondary N) is 1. The highest BCUT2D eigenvalue weighted by Gasteiger charge is 2.38. The fourth-order valence-electron chi connectivity index (χ4n) is 3.88. The van der Waals surface area contributed by atoms with Crippen molar-refractivity contribution >= 4 is 27.5 Å². The summed E-state index contributed by atoms with van der Waals surface area (Å²) >= 11 is 0. The number of rotatable bonds is 6. The molecular formula is C19H25F2N3O4S. The average molecular weight is 429 g/mol. The number of hydrogen-bond acceptors (Lipinski definition) is 4. The number of benzene rings is 1. The Bertz CT molecular complexity index is 865. The molecule has 2 aliphatic heterocycles. The summed E-state index contributed by atoms with van der Waals surface area (Å²) in [6.45, 7) is 2.67. The first kappa shape index (κ1) is 21.6. The topological polar surface area (TPSA) is 86.8 Å². The van der Waals surface area contributed by atoms with E-state index in [9.17, 15) is 26.8 Å². The van der Waals surface area contributed by atoms with Gasteiger partial charge in [-0.15, -0.1) is 0 Å². The molecule has 2 saturated heterocycles. The zero-order valence-electron chi connectivity index (χ0n) is 16.2. The fraction of sp³-hybridized carbons (Fsp3) is 0.579. The summed E-state index contributed by atoms with van der Waals surface area (Å²) in [7, 11) is -3.30. The van der Waals surface area contributed by atoms with Gasteiger partial charge in [0.2, 0.25) is 21.8 Å². The van der Waals surface area contributed by atoms with Crippen molar-refractivity contribution in [2.24, 2.45) is 5.92 Å². The minimum absolute atomic E-state index is 0.0139. The van der Waals surface area contributed by atoms with Crippen LogP contribution in [0.25, 0.3) is 0 Å². The Morgan fingerprint density at radius 3 is 2.38 bits per heavy atom. The van der Waals surface area contributed by atoms with Crippen LogP contribution in [0.5, 0.6) is 0 Å². The summed E-state index contributed by atoms with van der Waals surface area (Å²) < 4.78 is 53.4. The van der Waals surface area contributed by atoms with Crippen molar-refractivity contribution in [3.05, 3.63) is 29.8 Å². The number of nitrogens with zero attached hydrogens (tertiary/aromatic N) is 2. The quantitative estimate of drug-likeness (QED) is 0.745. The number of amides is 2. The van der Waals surface area contributed by atoms with E-state index in [0.29, 0.717) is 32.4 Å². The number of anilines is 1. The van der Waals surface area contributed by atoms with Crippen LogP contribution in [-0.4, -0.2) is 56.6 Å². The number of sulfonamides is 1. The number of halogens is 2. The number of hydrogen-bond donors (Lipinski definition) is 1. The molecule has 2 aliphatic rings. The molecule has 0 bridgehead atoms. The molecule has 1 unspecified atom stereocenters. The van der Waals surface area contributed by atoms with Gasteiger partial charge in [0.05, 0.1) is 11.7 Å². The van der Waals surface area contributed by atoms with Crippen LogP contribution in [0, 0.1) is 17.6 Å². The van der Waals surface area contributed by atoms with Gasteiger partial charge in [0.15, 0.2) is 0 Å². The second-order valence-corrected chi connectivity index (χ2v) is 9.44. The van der Waals surface area contributed by atoms with E-state index in [1.165, 1.54) is 4.90 Å². The van der Waals surface area contributed by atoms with Crippen molar-refractivity contribution in [2.75, 3.05) is 30.3 Å². The molecule has 29 heavy (non-hydrogen) atoms. The molecule has 7 nitrogen and oxygen atoms in total. The normalized spacial score (nSPS) is 21.1. The van der Waals surface area contributed by atoms with Crippen LogP contribution >= 0.6 is 0 Å².